The lowest BCUT2D eigenvalue weighted by molar-refractivity contribution is 0.0509. The van der Waals surface area contributed by atoms with Gasteiger partial charge in [-0.3, -0.25) is 14.1 Å². The van der Waals surface area contributed by atoms with Gasteiger partial charge in [0, 0.05) is 23.3 Å². The van der Waals surface area contributed by atoms with Crippen LogP contribution in [0.4, 0.5) is 8.78 Å². The predicted octanol–water partition coefficient (Wildman–Crippen LogP) is 5.13. The second-order valence-corrected chi connectivity index (χ2v) is 12.1. The summed E-state index contributed by atoms with van der Waals surface area (Å²) in [6.45, 7) is 5.97. The van der Waals surface area contributed by atoms with E-state index in [4.69, 9.17) is 14.2 Å². The van der Waals surface area contributed by atoms with Crippen LogP contribution in [0.1, 0.15) is 51.5 Å². The van der Waals surface area contributed by atoms with Gasteiger partial charge >= 0.3 is 11.9 Å². The number of carbonyl (C=O) groups is 2. The smallest absolute Gasteiger partial charge is 0.358 e. The normalized spacial score (nSPS) is 10.6. The van der Waals surface area contributed by atoms with Crippen molar-refractivity contribution in [2.24, 2.45) is 0 Å². The molecule has 5 rings (SSSR count). The average molecular weight is 729 g/mol. The van der Waals surface area contributed by atoms with Gasteiger partial charge < -0.3 is 14.2 Å². The number of rotatable bonds is 11. The maximum atomic E-state index is 13.6. The van der Waals surface area contributed by atoms with Crippen LogP contribution >= 0.6 is 0 Å². The molecular weight excluding hydrogens is 690 g/mol. The SMILES string of the molecule is CCOC(=O)c1cc(=O)n(Cc2ccccc2F)[nH]1.CCOC(=O)c1cc(OC)n(Cc2ccccc2F)n1.COS(=O)(=O)c1ccc(C)cc1. The summed E-state index contributed by atoms with van der Waals surface area (Å²) in [5.74, 6) is -1.49. The van der Waals surface area contributed by atoms with E-state index < -0.39 is 33.4 Å². The van der Waals surface area contributed by atoms with Crippen molar-refractivity contribution in [1.82, 2.24) is 19.6 Å². The van der Waals surface area contributed by atoms with E-state index in [1.807, 2.05) is 6.92 Å². The molecule has 0 aliphatic heterocycles. The molecule has 272 valence electrons. The lowest BCUT2D eigenvalue weighted by Gasteiger charge is -2.06. The first-order valence-electron chi connectivity index (χ1n) is 15.4. The van der Waals surface area contributed by atoms with E-state index in [2.05, 4.69) is 14.4 Å². The Morgan fingerprint density at radius 3 is 1.88 bits per heavy atom. The summed E-state index contributed by atoms with van der Waals surface area (Å²) in [6.07, 6.45) is 0. The van der Waals surface area contributed by atoms with Crippen molar-refractivity contribution in [1.29, 1.82) is 0 Å². The molecule has 0 aliphatic rings. The van der Waals surface area contributed by atoms with E-state index in [9.17, 15) is 31.6 Å². The Balaban J connectivity index is 0.000000213. The number of aromatic nitrogens is 4. The van der Waals surface area contributed by atoms with Crippen LogP contribution in [0.3, 0.4) is 0 Å². The predicted molar refractivity (Wildman–Crippen MR) is 182 cm³/mol. The number of aryl methyl sites for hydroxylation is 1. The number of nitrogens with zero attached hydrogens (tertiary/aromatic N) is 3. The van der Waals surface area contributed by atoms with Crippen molar-refractivity contribution < 1.29 is 45.2 Å². The van der Waals surface area contributed by atoms with Crippen LogP contribution in [-0.2, 0) is 36.9 Å². The molecule has 1 N–H and O–H groups in total. The van der Waals surface area contributed by atoms with E-state index >= 15 is 0 Å². The molecule has 2 aromatic heterocycles. The first-order valence-corrected chi connectivity index (χ1v) is 16.8. The minimum Gasteiger partial charge on any atom is -0.481 e. The van der Waals surface area contributed by atoms with Gasteiger partial charge in [-0.1, -0.05) is 54.1 Å². The zero-order valence-electron chi connectivity index (χ0n) is 28.6. The Morgan fingerprint density at radius 2 is 1.35 bits per heavy atom. The van der Waals surface area contributed by atoms with Crippen molar-refractivity contribution in [2.75, 3.05) is 27.4 Å². The molecule has 5 aromatic rings. The van der Waals surface area contributed by atoms with Gasteiger partial charge in [-0.2, -0.15) is 13.5 Å². The maximum Gasteiger partial charge on any atom is 0.358 e. The fraction of sp³-hybridized carbons (Fsp3) is 0.257. The summed E-state index contributed by atoms with van der Waals surface area (Å²) in [4.78, 5) is 34.9. The van der Waals surface area contributed by atoms with Gasteiger partial charge in [-0.25, -0.2) is 27.7 Å². The van der Waals surface area contributed by atoms with E-state index in [0.29, 0.717) is 17.0 Å². The Kier molecular flexibility index (Phi) is 14.8. The highest BCUT2D eigenvalue weighted by atomic mass is 32.2. The lowest BCUT2D eigenvalue weighted by atomic mass is 10.2. The molecule has 0 radical (unpaired) electrons. The summed E-state index contributed by atoms with van der Waals surface area (Å²) in [7, 11) is -0.905. The van der Waals surface area contributed by atoms with Gasteiger partial charge in [0.15, 0.2) is 5.69 Å². The molecule has 2 heterocycles. The van der Waals surface area contributed by atoms with Crippen molar-refractivity contribution in [3.8, 4) is 5.88 Å². The van der Waals surface area contributed by atoms with Crippen LogP contribution in [-0.4, -0.2) is 67.4 Å². The summed E-state index contributed by atoms with van der Waals surface area (Å²) in [5, 5.41) is 6.69. The van der Waals surface area contributed by atoms with Gasteiger partial charge in [0.05, 0.1) is 45.4 Å². The molecule has 0 fully saturated rings. The zero-order valence-corrected chi connectivity index (χ0v) is 29.4. The van der Waals surface area contributed by atoms with Crippen LogP contribution in [0.2, 0.25) is 0 Å². The molecule has 0 saturated carbocycles. The molecule has 0 amide bonds. The lowest BCUT2D eigenvalue weighted by Crippen LogP contribution is -2.17. The summed E-state index contributed by atoms with van der Waals surface area (Å²) >= 11 is 0. The average Bonchev–Trinajstić information content (AvgIpc) is 3.70. The third kappa shape index (κ3) is 11.5. The fourth-order valence-corrected chi connectivity index (χ4v) is 4.90. The summed E-state index contributed by atoms with van der Waals surface area (Å²) in [5.41, 5.74) is 1.63. The summed E-state index contributed by atoms with van der Waals surface area (Å²) in [6, 6.07) is 21.6. The van der Waals surface area contributed by atoms with Gasteiger partial charge in [-0.05, 0) is 45.0 Å². The zero-order chi connectivity index (χ0) is 37.6. The van der Waals surface area contributed by atoms with Crippen LogP contribution in [0.5, 0.6) is 5.88 Å². The maximum absolute atomic E-state index is 13.6. The molecule has 16 heteroatoms. The monoisotopic (exact) mass is 728 g/mol. The highest BCUT2D eigenvalue weighted by molar-refractivity contribution is 7.86. The molecule has 0 saturated heterocycles. The molecule has 51 heavy (non-hydrogen) atoms. The fourth-order valence-electron chi connectivity index (χ4n) is 4.23. The molecule has 0 spiro atoms. The topological polar surface area (TPSA) is 161 Å². The largest absolute Gasteiger partial charge is 0.481 e. The Hall–Kier alpha value is -5.61. The van der Waals surface area contributed by atoms with Crippen molar-refractivity contribution in [3.63, 3.8) is 0 Å². The van der Waals surface area contributed by atoms with Gasteiger partial charge in [0.1, 0.15) is 17.3 Å². The number of methoxy groups -OCH3 is 1. The number of benzene rings is 3. The number of halogens is 2. The number of H-pyrrole nitrogens is 1. The molecule has 0 bridgehead atoms. The van der Waals surface area contributed by atoms with Crippen molar-refractivity contribution in [3.05, 3.63) is 135 Å². The van der Waals surface area contributed by atoms with Crippen LogP contribution in [0, 0.1) is 18.6 Å². The van der Waals surface area contributed by atoms with Gasteiger partial charge in [-0.15, -0.1) is 0 Å². The molecule has 3 aromatic carbocycles. The quantitative estimate of drug-likeness (QED) is 0.143. The van der Waals surface area contributed by atoms with E-state index in [0.717, 1.165) is 23.4 Å². The molecule has 0 unspecified atom stereocenters. The number of ether oxygens (including phenoxy) is 3. The first-order chi connectivity index (χ1) is 24.3. The van der Waals surface area contributed by atoms with Gasteiger partial charge in [0.25, 0.3) is 15.7 Å². The molecule has 0 aliphatic carbocycles. The van der Waals surface area contributed by atoms with Crippen LogP contribution < -0.4 is 10.3 Å². The van der Waals surface area contributed by atoms with Crippen LogP contribution in [0.25, 0.3) is 0 Å². The number of aromatic amines is 1. The Morgan fingerprint density at radius 1 is 0.804 bits per heavy atom. The highest BCUT2D eigenvalue weighted by Gasteiger charge is 2.17. The molecule has 0 atom stereocenters. The minimum atomic E-state index is -3.51. The molecule has 13 nitrogen and oxygen atoms in total. The minimum absolute atomic E-state index is 0.0327. The number of hydrogen-bond acceptors (Lipinski definition) is 10. The third-order valence-corrected chi connectivity index (χ3v) is 8.10. The number of hydrogen-bond donors (Lipinski definition) is 1. The van der Waals surface area contributed by atoms with E-state index in [1.165, 1.54) is 42.1 Å². The van der Waals surface area contributed by atoms with E-state index in [1.54, 1.807) is 62.4 Å². The third-order valence-electron chi connectivity index (χ3n) is 6.81. The Bertz CT molecular complexity index is 2070. The van der Waals surface area contributed by atoms with Gasteiger partial charge in [0.2, 0.25) is 5.88 Å². The number of nitrogens with one attached hydrogen (secondary N) is 1. The summed E-state index contributed by atoms with van der Waals surface area (Å²) < 4.78 is 71.0. The highest BCUT2D eigenvalue weighted by Crippen LogP contribution is 2.18. The molecular formula is C35H38F2N4O9S. The van der Waals surface area contributed by atoms with E-state index in [-0.39, 0.29) is 48.4 Å². The standard InChI is InChI=1S/C14H15FN2O3.C13H13FN2O3.C8H10O3S/c1-3-20-14(18)12-8-13(19-2)17(16-12)9-10-6-4-5-7-11(10)15;1-2-19-13(18)11-7-12(17)16(15-11)8-9-5-3-4-6-10(9)14;1-7-3-5-8(6-4-7)12(9,10)11-2/h4-8H,3,9H2,1-2H3;3-7,15H,2,8H2,1H3;3-6H,1-2H3. The Labute approximate surface area is 293 Å². The second-order valence-electron chi connectivity index (χ2n) is 10.4. The van der Waals surface area contributed by atoms with Crippen molar-refractivity contribution in [2.45, 2.75) is 38.8 Å². The number of carbonyl (C=O) groups excluding carboxylic acids is 2. The first kappa shape index (κ1) is 39.8. The van der Waals surface area contributed by atoms with Crippen molar-refractivity contribution >= 4 is 22.1 Å². The van der Waals surface area contributed by atoms with Crippen LogP contribution in [0.15, 0.2) is 94.6 Å². The second kappa shape index (κ2) is 19.0. The number of esters is 2.